The maximum atomic E-state index is 11.3. The summed E-state index contributed by atoms with van der Waals surface area (Å²) < 4.78 is 0. The van der Waals surface area contributed by atoms with Crippen LogP contribution < -0.4 is 0 Å². The van der Waals surface area contributed by atoms with Crippen molar-refractivity contribution in [3.63, 3.8) is 0 Å². The minimum atomic E-state index is -1.55. The summed E-state index contributed by atoms with van der Waals surface area (Å²) in [5.41, 5.74) is -13.9. The highest BCUT2D eigenvalue weighted by atomic mass is 16.7. The van der Waals surface area contributed by atoms with Gasteiger partial charge in [-0.1, -0.05) is 0 Å². The molecule has 0 amide bonds. The molecular weight excluding hydrogens is 780 g/mol. The van der Waals surface area contributed by atoms with Crippen molar-refractivity contribution < 1.29 is 44.3 Å². The van der Waals surface area contributed by atoms with Crippen LogP contribution in [0.25, 0.3) is 0 Å². The lowest BCUT2D eigenvalue weighted by Gasteiger charge is -2.55. The summed E-state index contributed by atoms with van der Waals surface area (Å²) in [4.78, 5) is 101. The van der Waals surface area contributed by atoms with Gasteiger partial charge in [0.2, 0.25) is 49.9 Å². The van der Waals surface area contributed by atoms with Crippen LogP contribution in [0.1, 0.15) is 57.8 Å². The zero-order valence-corrected chi connectivity index (χ0v) is 29.9. The van der Waals surface area contributed by atoms with Crippen LogP contribution in [0.5, 0.6) is 0 Å². The van der Waals surface area contributed by atoms with Gasteiger partial charge in [-0.05, 0) is 0 Å². The van der Waals surface area contributed by atoms with Crippen molar-refractivity contribution >= 4 is 0 Å². The number of nitro groups is 9. The van der Waals surface area contributed by atoms with E-state index >= 15 is 0 Å². The van der Waals surface area contributed by atoms with Crippen molar-refractivity contribution in [1.29, 1.82) is 0 Å². The summed E-state index contributed by atoms with van der Waals surface area (Å²) in [5.74, 6) is 0. The number of hydrogen-bond donors (Lipinski definition) is 0. The van der Waals surface area contributed by atoms with Crippen molar-refractivity contribution in [2.45, 2.75) is 108 Å². The first kappa shape index (κ1) is 39.7. The van der Waals surface area contributed by atoms with Gasteiger partial charge in [0.25, 0.3) is 0 Å². The molecule has 9 heterocycles. The highest BCUT2D eigenvalue weighted by molar-refractivity contribution is 5.19. The second-order valence-corrected chi connectivity index (χ2v) is 18.4. The molecular formula is C27H36N12O18. The molecule has 3 saturated carbocycles. The maximum absolute atomic E-state index is 11.3. The molecule has 12 fully saturated rings. The Kier molecular flexibility index (Phi) is 8.20. The van der Waals surface area contributed by atoms with Crippen molar-refractivity contribution in [2.75, 3.05) is 58.9 Å². The molecule has 0 atom stereocenters. The van der Waals surface area contributed by atoms with E-state index in [9.17, 15) is 91.0 Å². The molecule has 3 aliphatic carbocycles. The maximum Gasteiger partial charge on any atom is 0.248 e. The summed E-state index contributed by atoms with van der Waals surface area (Å²) in [5, 5.41) is 102. The molecule has 30 heteroatoms. The third-order valence-corrected chi connectivity index (χ3v) is 14.1. The topological polar surface area (TPSA) is 398 Å². The lowest BCUT2D eigenvalue weighted by atomic mass is 9.57. The standard InChI is InChI=1S/3C9H12N4O6/c3*14-11(15)7-1-8(12(16)17)3-9(2-7,13(18)19)6-10(4-7)5-8/h3*1-6H2. The quantitative estimate of drug-likeness (QED) is 0.191. The van der Waals surface area contributed by atoms with E-state index < -0.39 is 94.2 Å². The molecule has 0 aromatic rings. The predicted molar refractivity (Wildman–Crippen MR) is 178 cm³/mol. The van der Waals surface area contributed by atoms with Crippen LogP contribution in [-0.2, 0) is 0 Å². The molecule has 12 rings (SSSR count). The first-order chi connectivity index (χ1) is 26.2. The Labute approximate surface area is 316 Å². The SMILES string of the molecule is O=[N+]([O-])C12CN3CC([N+](=O)[O-])(C1)CC([N+](=O)[O-])(C3)C2.O=[N+]([O-])C12CN3CC([N+](=O)[O-])(C1)CC([N+](=O)[O-])(C3)C2.O=[N+]([O-])C12CN3CC([N+](=O)[O-])(C1)CC([N+](=O)[O-])(C3)C2. The van der Waals surface area contributed by atoms with Gasteiger partial charge in [-0.2, -0.15) is 0 Å². The Balaban J connectivity index is 0.000000131. The molecule has 12 aliphatic rings. The molecule has 57 heavy (non-hydrogen) atoms. The van der Waals surface area contributed by atoms with E-state index in [1.54, 1.807) is 0 Å². The molecule has 9 saturated heterocycles. The van der Waals surface area contributed by atoms with Crippen LogP contribution in [0.15, 0.2) is 0 Å². The van der Waals surface area contributed by atoms with Gasteiger partial charge >= 0.3 is 0 Å². The average Bonchev–Trinajstić information content (AvgIpc) is 3.07. The predicted octanol–water partition coefficient (Wildman–Crippen LogP) is -1.36. The van der Waals surface area contributed by atoms with Gasteiger partial charge in [-0.15, -0.1) is 0 Å². The monoisotopic (exact) mass is 816 g/mol. The highest BCUT2D eigenvalue weighted by Crippen LogP contribution is 2.56. The summed E-state index contributed by atoms with van der Waals surface area (Å²) in [6, 6.07) is 0. The summed E-state index contributed by atoms with van der Waals surface area (Å²) >= 11 is 0. The van der Waals surface area contributed by atoms with Crippen LogP contribution in [0.2, 0.25) is 0 Å². The molecule has 312 valence electrons. The molecule has 9 aliphatic heterocycles. The highest BCUT2D eigenvalue weighted by Gasteiger charge is 2.81. The summed E-state index contributed by atoms with van der Waals surface area (Å²) in [7, 11) is 0. The van der Waals surface area contributed by atoms with Crippen LogP contribution in [0, 0.1) is 91.0 Å². The minimum Gasteiger partial charge on any atom is -0.283 e. The molecule has 0 radical (unpaired) electrons. The Hall–Kier alpha value is -5.52. The second kappa shape index (κ2) is 11.8. The van der Waals surface area contributed by atoms with E-state index in [0.29, 0.717) is 0 Å². The fraction of sp³-hybridized carbons (Fsp3) is 1.00. The zero-order chi connectivity index (χ0) is 42.2. The normalized spacial score (nSPS) is 47.1. The van der Waals surface area contributed by atoms with Gasteiger partial charge in [-0.25, -0.2) is 0 Å². The van der Waals surface area contributed by atoms with E-state index in [-0.39, 0.29) is 117 Å². The number of piperidine rings is 9. The van der Waals surface area contributed by atoms with Gasteiger partial charge < -0.3 is 0 Å². The Morgan fingerprint density at radius 1 is 0.228 bits per heavy atom. The first-order valence-corrected chi connectivity index (χ1v) is 17.7. The molecule has 0 aromatic heterocycles. The fourth-order valence-corrected chi connectivity index (χ4v) is 13.0. The van der Waals surface area contributed by atoms with Gasteiger partial charge in [0.15, 0.2) is 0 Å². The van der Waals surface area contributed by atoms with Crippen molar-refractivity contribution in [2.24, 2.45) is 0 Å². The second-order valence-electron chi connectivity index (χ2n) is 18.4. The third-order valence-electron chi connectivity index (χ3n) is 14.1. The van der Waals surface area contributed by atoms with E-state index in [1.165, 1.54) is 14.7 Å². The number of hydrogen-bond acceptors (Lipinski definition) is 21. The fourth-order valence-electron chi connectivity index (χ4n) is 13.0. The van der Waals surface area contributed by atoms with Gasteiger partial charge in [0, 0.05) is 44.3 Å². The Bertz CT molecular complexity index is 1500. The first-order valence-electron chi connectivity index (χ1n) is 17.7. The van der Waals surface area contributed by atoms with Crippen LogP contribution in [0.3, 0.4) is 0 Å². The van der Waals surface area contributed by atoms with Crippen molar-refractivity contribution in [1.82, 2.24) is 14.7 Å². The van der Waals surface area contributed by atoms with Crippen LogP contribution in [0.4, 0.5) is 0 Å². The molecule has 0 aromatic carbocycles. The third kappa shape index (κ3) is 5.45. The number of rotatable bonds is 9. The molecule has 12 bridgehead atoms. The van der Waals surface area contributed by atoms with Gasteiger partial charge in [-0.3, -0.25) is 106 Å². The van der Waals surface area contributed by atoms with Crippen molar-refractivity contribution in [3.05, 3.63) is 91.0 Å². The molecule has 0 spiro atoms. The number of nitrogens with zero attached hydrogens (tertiary/aromatic N) is 12. The zero-order valence-electron chi connectivity index (χ0n) is 29.9. The molecule has 0 unspecified atom stereocenters. The van der Waals surface area contributed by atoms with Crippen molar-refractivity contribution in [3.8, 4) is 0 Å². The van der Waals surface area contributed by atoms with E-state index in [1.807, 2.05) is 0 Å². The van der Waals surface area contributed by atoms with Crippen LogP contribution >= 0.6 is 0 Å². The lowest BCUT2D eigenvalue weighted by Crippen LogP contribution is -2.80. The summed E-state index contributed by atoms with van der Waals surface area (Å²) in [6.07, 6.45) is -1.82. The van der Waals surface area contributed by atoms with Gasteiger partial charge in [0.1, 0.15) is 0 Å². The van der Waals surface area contributed by atoms with E-state index in [0.717, 1.165) is 0 Å². The van der Waals surface area contributed by atoms with E-state index in [2.05, 4.69) is 0 Å². The van der Waals surface area contributed by atoms with Crippen LogP contribution in [-0.4, -0.2) is 168 Å². The van der Waals surface area contributed by atoms with Gasteiger partial charge in [0.05, 0.1) is 117 Å². The summed E-state index contributed by atoms with van der Waals surface area (Å²) in [6.45, 7) is 0.671. The lowest BCUT2D eigenvalue weighted by molar-refractivity contribution is -0.688. The van der Waals surface area contributed by atoms with E-state index in [4.69, 9.17) is 0 Å². The molecule has 0 N–H and O–H groups in total. The Morgan fingerprint density at radius 3 is 0.386 bits per heavy atom. The Morgan fingerprint density at radius 2 is 0.316 bits per heavy atom. The molecule has 30 nitrogen and oxygen atoms in total. The minimum absolute atomic E-state index is 0.0746. The average molecular weight is 817 g/mol. The largest absolute Gasteiger partial charge is 0.283 e. The smallest absolute Gasteiger partial charge is 0.248 e.